The lowest BCUT2D eigenvalue weighted by atomic mass is 9.98. The summed E-state index contributed by atoms with van der Waals surface area (Å²) in [6.45, 7) is -0.913. The molecule has 13 heteroatoms. The van der Waals surface area contributed by atoms with Gasteiger partial charge in [0.15, 0.2) is 0 Å². The van der Waals surface area contributed by atoms with Gasteiger partial charge in [0.2, 0.25) is 11.8 Å². The van der Waals surface area contributed by atoms with E-state index in [1.807, 2.05) is 48.5 Å². The molecule has 2 N–H and O–H groups in total. The fourth-order valence-corrected chi connectivity index (χ4v) is 4.52. The third-order valence-corrected chi connectivity index (χ3v) is 6.37. The molecular formula is C27H25N3O10. The van der Waals surface area contributed by atoms with E-state index in [9.17, 15) is 33.6 Å². The van der Waals surface area contributed by atoms with Gasteiger partial charge in [0.1, 0.15) is 19.7 Å². The first-order valence-corrected chi connectivity index (χ1v) is 12.4. The number of fused-ring (bicyclic) bond motifs is 3. The molecule has 0 radical (unpaired) electrons. The molecule has 13 nitrogen and oxygen atoms in total. The number of carboxylic acid groups (broad SMARTS) is 1. The van der Waals surface area contributed by atoms with Crippen LogP contribution in [0, 0.1) is 0 Å². The van der Waals surface area contributed by atoms with E-state index in [2.05, 4.69) is 10.2 Å². The minimum Gasteiger partial charge on any atom is -0.480 e. The zero-order valence-corrected chi connectivity index (χ0v) is 21.2. The quantitative estimate of drug-likeness (QED) is 0.478. The number of alkyl carbamates (subject to hydrolysis) is 1. The predicted molar refractivity (Wildman–Crippen MR) is 134 cm³/mol. The SMILES string of the molecule is O=C(CNC(=O)OCC1c2ccccc2-c2ccccc21)ON1C(=O)CCC1=O.O=C(O)CN1C(=O)CCC1=O. The Labute approximate surface area is 227 Å². The van der Waals surface area contributed by atoms with E-state index < -0.39 is 54.8 Å². The minimum atomic E-state index is -1.16. The van der Waals surface area contributed by atoms with Crippen LogP contribution in [0.3, 0.4) is 0 Å². The largest absolute Gasteiger partial charge is 0.480 e. The molecule has 2 heterocycles. The summed E-state index contributed by atoms with van der Waals surface area (Å²) >= 11 is 0. The number of nitrogens with zero attached hydrogens (tertiary/aromatic N) is 2. The second-order valence-electron chi connectivity index (χ2n) is 8.99. The molecule has 3 aliphatic rings. The Balaban J connectivity index is 0.000000283. The van der Waals surface area contributed by atoms with E-state index in [1.165, 1.54) is 0 Å². The highest BCUT2D eigenvalue weighted by Crippen LogP contribution is 2.44. The van der Waals surface area contributed by atoms with Gasteiger partial charge in [-0.2, -0.15) is 0 Å². The van der Waals surface area contributed by atoms with Crippen molar-refractivity contribution in [3.63, 3.8) is 0 Å². The molecule has 2 aromatic carbocycles. The number of hydroxylamine groups is 2. The highest BCUT2D eigenvalue weighted by molar-refractivity contribution is 6.04. The van der Waals surface area contributed by atoms with Crippen LogP contribution in [-0.2, 0) is 38.3 Å². The number of rotatable bonds is 7. The van der Waals surface area contributed by atoms with E-state index in [-0.39, 0.29) is 38.2 Å². The number of hydrogen-bond donors (Lipinski definition) is 2. The van der Waals surface area contributed by atoms with E-state index >= 15 is 0 Å². The molecule has 208 valence electrons. The fourth-order valence-electron chi connectivity index (χ4n) is 4.52. The van der Waals surface area contributed by atoms with Crippen LogP contribution in [0.2, 0.25) is 0 Å². The number of ether oxygens (including phenoxy) is 1. The van der Waals surface area contributed by atoms with Gasteiger partial charge in [-0.1, -0.05) is 48.5 Å². The van der Waals surface area contributed by atoms with Crippen molar-refractivity contribution >= 4 is 41.7 Å². The summed E-state index contributed by atoms with van der Waals surface area (Å²) in [4.78, 5) is 83.7. The maximum absolute atomic E-state index is 12.0. The van der Waals surface area contributed by atoms with Crippen molar-refractivity contribution in [2.24, 2.45) is 0 Å². The second-order valence-corrected chi connectivity index (χ2v) is 8.99. The van der Waals surface area contributed by atoms with Crippen molar-refractivity contribution in [3.8, 4) is 11.1 Å². The summed E-state index contributed by atoms with van der Waals surface area (Å²) in [6, 6.07) is 15.9. The van der Waals surface area contributed by atoms with Crippen LogP contribution in [0.1, 0.15) is 42.7 Å². The summed E-state index contributed by atoms with van der Waals surface area (Å²) < 4.78 is 5.30. The van der Waals surface area contributed by atoms with Gasteiger partial charge in [-0.05, 0) is 22.3 Å². The smallest absolute Gasteiger partial charge is 0.407 e. The van der Waals surface area contributed by atoms with Gasteiger partial charge in [-0.15, -0.1) is 5.06 Å². The Morgan fingerprint density at radius 3 is 1.82 bits per heavy atom. The number of amides is 5. The van der Waals surface area contributed by atoms with Crippen molar-refractivity contribution in [2.75, 3.05) is 19.7 Å². The molecule has 5 rings (SSSR count). The molecule has 2 fully saturated rings. The van der Waals surface area contributed by atoms with Crippen molar-refractivity contribution in [1.82, 2.24) is 15.3 Å². The maximum Gasteiger partial charge on any atom is 0.407 e. The van der Waals surface area contributed by atoms with Crippen LogP contribution in [0.25, 0.3) is 11.1 Å². The number of imide groups is 2. The fraction of sp³-hybridized carbons (Fsp3) is 0.296. The molecule has 0 spiro atoms. The lowest BCUT2D eigenvalue weighted by Gasteiger charge is -2.15. The van der Waals surface area contributed by atoms with Crippen LogP contribution >= 0.6 is 0 Å². The van der Waals surface area contributed by atoms with E-state index in [0.29, 0.717) is 5.06 Å². The first kappa shape index (κ1) is 28.0. The molecule has 0 bridgehead atoms. The number of hydrogen-bond acceptors (Lipinski definition) is 9. The summed E-state index contributed by atoms with van der Waals surface area (Å²) in [5, 5.41) is 11.0. The van der Waals surface area contributed by atoms with Gasteiger partial charge in [0.05, 0.1) is 0 Å². The van der Waals surface area contributed by atoms with Gasteiger partial charge >= 0.3 is 18.0 Å². The molecule has 1 aliphatic carbocycles. The molecule has 0 saturated carbocycles. The molecule has 2 aliphatic heterocycles. The number of carboxylic acids is 1. The normalized spacial score (nSPS) is 15.8. The molecule has 0 atom stereocenters. The monoisotopic (exact) mass is 551 g/mol. The number of benzene rings is 2. The first-order chi connectivity index (χ1) is 19.2. The van der Waals surface area contributed by atoms with Crippen LogP contribution in [0.15, 0.2) is 48.5 Å². The summed E-state index contributed by atoms with van der Waals surface area (Å²) in [6.07, 6.45) is -0.487. The van der Waals surface area contributed by atoms with Crippen molar-refractivity contribution in [2.45, 2.75) is 31.6 Å². The topological polar surface area (TPSA) is 177 Å². The number of carbonyl (C=O) groups is 7. The van der Waals surface area contributed by atoms with E-state index in [4.69, 9.17) is 9.84 Å². The summed E-state index contributed by atoms with van der Waals surface area (Å²) in [5.74, 6) is -4.13. The average Bonchev–Trinajstić information content (AvgIpc) is 3.55. The molecule has 2 aromatic rings. The molecule has 40 heavy (non-hydrogen) atoms. The Hall–Kier alpha value is -5.07. The molecule has 2 saturated heterocycles. The second kappa shape index (κ2) is 12.2. The molecular weight excluding hydrogens is 526 g/mol. The standard InChI is InChI=1S/C21H18N2O6.C6H7NO4/c24-18-9-10-19(25)23(18)29-20(26)11-22-21(27)28-12-17-15-7-3-1-5-13(15)14-6-2-4-8-16(14)17;8-4-1-2-5(9)7(4)3-6(10)11/h1-8,17H,9-12H2,(H,22,27);1-3H2,(H,10,11). The van der Waals surface area contributed by atoms with Crippen LogP contribution in [0.4, 0.5) is 4.79 Å². The average molecular weight is 552 g/mol. The zero-order chi connectivity index (χ0) is 28.8. The maximum atomic E-state index is 12.0. The van der Waals surface area contributed by atoms with E-state index in [0.717, 1.165) is 27.2 Å². The van der Waals surface area contributed by atoms with Gasteiger partial charge in [0.25, 0.3) is 11.8 Å². The van der Waals surface area contributed by atoms with Crippen molar-refractivity contribution < 1.29 is 48.2 Å². The Morgan fingerprint density at radius 2 is 1.30 bits per heavy atom. The van der Waals surface area contributed by atoms with Gasteiger partial charge in [-0.25, -0.2) is 9.59 Å². The number of likely N-dealkylation sites (tertiary alicyclic amines) is 1. The van der Waals surface area contributed by atoms with Crippen LogP contribution in [0.5, 0.6) is 0 Å². The number of aliphatic carboxylic acids is 1. The molecule has 0 unspecified atom stereocenters. The van der Waals surface area contributed by atoms with Gasteiger partial charge in [0, 0.05) is 31.6 Å². The predicted octanol–water partition coefficient (Wildman–Crippen LogP) is 1.35. The molecule has 0 aromatic heterocycles. The molecule has 5 amide bonds. The summed E-state index contributed by atoms with van der Waals surface area (Å²) in [7, 11) is 0. The van der Waals surface area contributed by atoms with Crippen molar-refractivity contribution in [3.05, 3.63) is 59.7 Å². The minimum absolute atomic E-state index is 0.00587. The first-order valence-electron chi connectivity index (χ1n) is 12.4. The van der Waals surface area contributed by atoms with Crippen LogP contribution < -0.4 is 5.32 Å². The number of nitrogens with one attached hydrogen (secondary N) is 1. The highest BCUT2D eigenvalue weighted by Gasteiger charge is 2.33. The van der Waals surface area contributed by atoms with Gasteiger partial charge < -0.3 is 20.0 Å². The Morgan fingerprint density at radius 1 is 0.800 bits per heavy atom. The third kappa shape index (κ3) is 6.31. The summed E-state index contributed by atoms with van der Waals surface area (Å²) in [5.41, 5.74) is 4.38. The lowest BCUT2D eigenvalue weighted by molar-refractivity contribution is -0.196. The van der Waals surface area contributed by atoms with Gasteiger partial charge in [-0.3, -0.25) is 28.9 Å². The number of carbonyl (C=O) groups excluding carboxylic acids is 6. The lowest BCUT2D eigenvalue weighted by Crippen LogP contribution is -2.38. The van der Waals surface area contributed by atoms with E-state index in [1.54, 1.807) is 0 Å². The highest BCUT2D eigenvalue weighted by atomic mass is 16.7. The van der Waals surface area contributed by atoms with Crippen molar-refractivity contribution in [1.29, 1.82) is 0 Å². The zero-order valence-electron chi connectivity index (χ0n) is 21.2. The Bertz CT molecular complexity index is 1310. The Kier molecular flexibility index (Phi) is 8.52. The van der Waals surface area contributed by atoms with Crippen LogP contribution in [-0.4, -0.2) is 76.4 Å². The third-order valence-electron chi connectivity index (χ3n) is 6.37.